The first kappa shape index (κ1) is 77.2. The van der Waals surface area contributed by atoms with Crippen LogP contribution in [0.1, 0.15) is 172 Å². The average Bonchev–Trinajstić information content (AvgIpc) is 3.27. The zero-order valence-corrected chi connectivity index (χ0v) is 44.1. The minimum Gasteiger partial charge on any atom is -0.373 e. The largest absolute Gasteiger partial charge is 2.00 e. The van der Waals surface area contributed by atoms with E-state index < -0.39 is 0 Å². The molecule has 0 fully saturated rings. The van der Waals surface area contributed by atoms with Gasteiger partial charge in [0.1, 0.15) is 5.82 Å². The molecular weight excluding hydrogens is 767 g/mol. The van der Waals surface area contributed by atoms with E-state index in [1.807, 2.05) is 60.7 Å². The summed E-state index contributed by atoms with van der Waals surface area (Å²) in [5, 5.41) is 5.49. The third kappa shape index (κ3) is 50.7. The van der Waals surface area contributed by atoms with Crippen molar-refractivity contribution in [3.05, 3.63) is 150 Å². The van der Waals surface area contributed by atoms with Gasteiger partial charge < -0.3 is 25.4 Å². The Kier molecular flexibility index (Phi) is 86.7. The number of allylic oxidation sites excluding steroid dienone is 1. The maximum Gasteiger partial charge on any atom is 2.00 e. The average molecular weight is 868 g/mol. The monoisotopic (exact) mass is 868 g/mol. The van der Waals surface area contributed by atoms with Crippen molar-refractivity contribution in [2.75, 3.05) is 12.4 Å². The van der Waals surface area contributed by atoms with Crippen molar-refractivity contribution >= 4 is 16.6 Å². The fourth-order valence-electron chi connectivity index (χ4n) is 4.26. The standard InChI is InChI=1S/C18H16N.C7H10N2.C7H16.C6H14.2C3H8.C3H6.2C2H6.2C2H4.CH3.Cr/c1-13(19)14-9-11-16(12-10-14)18-8-4-6-15-5-2-3-7-17(15)18;1-6-3-4-9-7(5-6)8-2;1-4-6-7(3)5-2;1-3-5-6-4-2;3*1-3-2;4*1-2;;/h2-13H,1,19H2;3-5H,1-2H3,(H,8,9);7H,4-6H2,1-3H3;3-6H2,1-2H3;2*3H2,1-2H3;3H,1H2,2H3;2*1-2H3;2*1-2H2;1H3;/q-1;;;;;;;;;;;-1;+2. The quantitative estimate of drug-likeness (QED) is 0.100. The number of nitrogens with zero attached hydrogens (tertiary/aromatic N) is 1. The number of aromatic nitrogens is 1. The van der Waals surface area contributed by atoms with Crippen LogP contribution in [-0.4, -0.2) is 12.0 Å². The van der Waals surface area contributed by atoms with Gasteiger partial charge in [0.05, 0.1) is 0 Å². The molecule has 0 amide bonds. The minimum atomic E-state index is -0.165. The Morgan fingerprint density at radius 2 is 1.17 bits per heavy atom. The summed E-state index contributed by atoms with van der Waals surface area (Å²) in [6.07, 6.45) is 15.7. The van der Waals surface area contributed by atoms with Crippen LogP contribution in [0.5, 0.6) is 0 Å². The summed E-state index contributed by atoms with van der Waals surface area (Å²) < 4.78 is 0. The first-order valence-corrected chi connectivity index (χ1v) is 22.4. The van der Waals surface area contributed by atoms with E-state index in [4.69, 9.17) is 5.73 Å². The predicted molar refractivity (Wildman–Crippen MR) is 284 cm³/mol. The second kappa shape index (κ2) is 67.4. The van der Waals surface area contributed by atoms with Gasteiger partial charge in [0.15, 0.2) is 0 Å². The fraction of sp³-hybridized carbons (Fsp3) is 0.482. The van der Waals surface area contributed by atoms with Crippen LogP contribution in [0.2, 0.25) is 0 Å². The van der Waals surface area contributed by atoms with Crippen molar-refractivity contribution in [3.63, 3.8) is 0 Å². The Bertz CT molecular complexity index is 1300. The number of hydrogen-bond acceptors (Lipinski definition) is 3. The van der Waals surface area contributed by atoms with Crippen LogP contribution in [0.4, 0.5) is 5.82 Å². The number of nitrogens with two attached hydrogens (primary N) is 1. The third-order valence-electron chi connectivity index (χ3n) is 7.05. The molecule has 3 nitrogen and oxygen atoms in total. The molecular formula is C56H101CrN3. The van der Waals surface area contributed by atoms with Crippen molar-refractivity contribution in [1.29, 1.82) is 0 Å². The van der Waals surface area contributed by atoms with Crippen molar-refractivity contribution in [2.24, 2.45) is 11.7 Å². The SMILES string of the molecule is C=C.C=C.C=CC.CC.CC.CCC.CCC.CCCC(C)CC.CCCCCC.CNc1cc(C)ccn1.[CH2-]C(N)c1ccc(-c2cccc3ccccc23)cc1.[CH3-].[Cr+2]. The zero-order chi connectivity index (χ0) is 46.6. The summed E-state index contributed by atoms with van der Waals surface area (Å²) in [7, 11) is 1.86. The van der Waals surface area contributed by atoms with E-state index in [1.54, 1.807) is 12.3 Å². The topological polar surface area (TPSA) is 50.9 Å². The molecule has 3 N–H and O–H groups in total. The normalized spacial score (nSPS) is 9.03. The summed E-state index contributed by atoms with van der Waals surface area (Å²) >= 11 is 0. The molecule has 0 radical (unpaired) electrons. The molecule has 4 rings (SSSR count). The Morgan fingerprint density at radius 1 is 0.733 bits per heavy atom. The van der Waals surface area contributed by atoms with Gasteiger partial charge in [-0.2, -0.15) is 0 Å². The summed E-state index contributed by atoms with van der Waals surface area (Å²) in [4.78, 5) is 4.05. The number of benzene rings is 3. The molecule has 1 aromatic heterocycles. The van der Waals surface area contributed by atoms with Crippen LogP contribution >= 0.6 is 0 Å². The van der Waals surface area contributed by atoms with E-state index in [0.29, 0.717) is 0 Å². The fourth-order valence-corrected chi connectivity index (χ4v) is 4.26. The Labute approximate surface area is 389 Å². The van der Waals surface area contributed by atoms with Crippen molar-refractivity contribution < 1.29 is 17.4 Å². The molecule has 4 aromatic rings. The van der Waals surface area contributed by atoms with Crippen molar-refractivity contribution in [2.45, 2.75) is 168 Å². The van der Waals surface area contributed by atoms with Gasteiger partial charge in [-0.3, -0.25) is 0 Å². The number of aryl methyl sites for hydroxylation is 1. The Morgan fingerprint density at radius 3 is 1.50 bits per heavy atom. The molecule has 2 unspecified atom stereocenters. The molecule has 1 heterocycles. The van der Waals surface area contributed by atoms with E-state index in [9.17, 15) is 0 Å². The molecule has 3 aromatic carbocycles. The Hall–Kier alpha value is -3.42. The molecule has 0 saturated heterocycles. The Balaban J connectivity index is -0.0000000779. The van der Waals surface area contributed by atoms with Gasteiger partial charge >= 0.3 is 17.4 Å². The number of rotatable bonds is 9. The van der Waals surface area contributed by atoms with E-state index in [2.05, 4.69) is 179 Å². The predicted octanol–water partition coefficient (Wildman–Crippen LogP) is 19.3. The van der Waals surface area contributed by atoms with E-state index >= 15 is 0 Å². The maximum atomic E-state index is 5.78. The van der Waals surface area contributed by atoms with Crippen LogP contribution in [0.3, 0.4) is 0 Å². The molecule has 0 aliphatic heterocycles. The second-order valence-electron chi connectivity index (χ2n) is 12.6. The van der Waals surface area contributed by atoms with Gasteiger partial charge in [-0.15, -0.1) is 32.9 Å². The van der Waals surface area contributed by atoms with Crippen LogP contribution in [0.15, 0.2) is 124 Å². The summed E-state index contributed by atoms with van der Waals surface area (Å²) in [5.74, 6) is 1.88. The zero-order valence-electron chi connectivity index (χ0n) is 42.9. The van der Waals surface area contributed by atoms with Crippen molar-refractivity contribution in [1.82, 2.24) is 4.98 Å². The summed E-state index contributed by atoms with van der Waals surface area (Å²) in [5.41, 5.74) is 10.5. The van der Waals surface area contributed by atoms with E-state index in [1.165, 1.54) is 85.3 Å². The number of fused-ring (bicyclic) bond motifs is 1. The van der Waals surface area contributed by atoms with Gasteiger partial charge in [-0.05, 0) is 59.4 Å². The number of unbranched alkanes of at least 4 members (excludes halogenated alkanes) is 3. The van der Waals surface area contributed by atoms with Crippen LogP contribution in [0.25, 0.3) is 21.9 Å². The van der Waals surface area contributed by atoms with Crippen LogP contribution in [0, 0.1) is 27.2 Å². The second-order valence-corrected chi connectivity index (χ2v) is 12.6. The molecule has 2 atom stereocenters. The minimum absolute atomic E-state index is 0. The number of anilines is 1. The molecule has 0 bridgehead atoms. The number of pyridine rings is 1. The molecule has 0 saturated carbocycles. The number of nitrogens with one attached hydrogen (secondary N) is 1. The summed E-state index contributed by atoms with van der Waals surface area (Å²) in [6, 6.07) is 27.0. The maximum absolute atomic E-state index is 5.78. The smallest absolute Gasteiger partial charge is 0.373 e. The third-order valence-corrected chi connectivity index (χ3v) is 7.05. The molecule has 0 aliphatic rings. The van der Waals surface area contributed by atoms with Gasteiger partial charge in [-0.1, -0.05) is 232 Å². The van der Waals surface area contributed by atoms with Crippen LogP contribution < -0.4 is 11.1 Å². The van der Waals surface area contributed by atoms with Gasteiger partial charge in [-0.25, -0.2) is 4.98 Å². The van der Waals surface area contributed by atoms with Gasteiger partial charge in [0.2, 0.25) is 0 Å². The van der Waals surface area contributed by atoms with Crippen LogP contribution in [-0.2, 0) is 17.4 Å². The van der Waals surface area contributed by atoms with Crippen molar-refractivity contribution in [3.8, 4) is 11.1 Å². The van der Waals surface area contributed by atoms with Gasteiger partial charge in [0.25, 0.3) is 0 Å². The molecule has 346 valence electrons. The first-order chi connectivity index (χ1) is 28.0. The van der Waals surface area contributed by atoms with E-state index in [-0.39, 0.29) is 30.8 Å². The molecule has 0 spiro atoms. The number of hydrogen-bond donors (Lipinski definition) is 2. The summed E-state index contributed by atoms with van der Waals surface area (Å²) in [6.45, 7) is 50.9. The van der Waals surface area contributed by atoms with Gasteiger partial charge in [0, 0.05) is 13.2 Å². The molecule has 4 heteroatoms. The molecule has 0 aliphatic carbocycles. The first-order valence-electron chi connectivity index (χ1n) is 22.4. The van der Waals surface area contributed by atoms with E-state index in [0.717, 1.165) is 17.3 Å². The molecule has 60 heavy (non-hydrogen) atoms.